The molecule has 0 radical (unpaired) electrons. The Balaban J connectivity index is 0.000000313. The van der Waals surface area contributed by atoms with E-state index < -0.39 is 10.8 Å². The molecule has 3 rings (SSSR count). The summed E-state index contributed by atoms with van der Waals surface area (Å²) in [5.41, 5.74) is 3.94. The van der Waals surface area contributed by atoms with Crippen molar-refractivity contribution >= 4 is 22.2 Å². The molecule has 3 nitrogen and oxygen atoms in total. The van der Waals surface area contributed by atoms with E-state index >= 15 is 0 Å². The minimum absolute atomic E-state index is 0.276. The van der Waals surface area contributed by atoms with Crippen molar-refractivity contribution in [1.82, 2.24) is 0 Å². The Morgan fingerprint density at radius 2 is 1.83 bits per heavy atom. The lowest BCUT2D eigenvalue weighted by atomic mass is 9.77. The van der Waals surface area contributed by atoms with Gasteiger partial charge in [0.2, 0.25) is 0 Å². The second-order valence-electron chi connectivity index (χ2n) is 8.25. The SMILES string of the molecule is CCCC[C@@]1(CC)CCc2cc(N(C)C)ccc2S(=O)C1.CNc1ccccc1. The first kappa shape index (κ1) is 23.5. The van der Waals surface area contributed by atoms with E-state index in [1.807, 2.05) is 37.4 Å². The van der Waals surface area contributed by atoms with Gasteiger partial charge in [0.1, 0.15) is 0 Å². The summed E-state index contributed by atoms with van der Waals surface area (Å²) in [5.74, 6) is 0.845. The van der Waals surface area contributed by atoms with Crippen LogP contribution in [0.5, 0.6) is 0 Å². The van der Waals surface area contributed by atoms with E-state index in [0.717, 1.165) is 29.2 Å². The average Bonchev–Trinajstić information content (AvgIpc) is 2.90. The summed E-state index contributed by atoms with van der Waals surface area (Å²) in [6.07, 6.45) is 7.10. The topological polar surface area (TPSA) is 32.3 Å². The third-order valence-electron chi connectivity index (χ3n) is 6.04. The lowest BCUT2D eigenvalue weighted by Crippen LogP contribution is -2.26. The van der Waals surface area contributed by atoms with Crippen molar-refractivity contribution in [3.05, 3.63) is 54.1 Å². The molecule has 2 aromatic carbocycles. The summed E-state index contributed by atoms with van der Waals surface area (Å²) in [7, 11) is 5.19. The number of benzene rings is 2. The lowest BCUT2D eigenvalue weighted by Gasteiger charge is -2.31. The molecule has 2 aromatic rings. The maximum atomic E-state index is 12.8. The molecular weight excluding hydrogens is 376 g/mol. The summed E-state index contributed by atoms with van der Waals surface area (Å²) in [4.78, 5) is 3.20. The standard InChI is InChI=1S/C18H29NOS.C7H9N/c1-5-7-11-18(6-2)12-10-15-13-16(19(3)4)8-9-17(15)21(20)14-18;1-8-7-5-3-2-4-6-7/h8-9,13H,5-7,10-12,14H2,1-4H3;2-6,8H,1H3/t18-,21?;/m0./s1. The van der Waals surface area contributed by atoms with Crippen LogP contribution in [0.1, 0.15) is 51.5 Å². The number of anilines is 2. The molecule has 1 unspecified atom stereocenters. The van der Waals surface area contributed by atoms with Gasteiger partial charge in [-0.2, -0.15) is 0 Å². The van der Waals surface area contributed by atoms with E-state index in [4.69, 9.17) is 0 Å². The number of para-hydroxylation sites is 1. The van der Waals surface area contributed by atoms with Crippen LogP contribution in [0.25, 0.3) is 0 Å². The minimum Gasteiger partial charge on any atom is -0.388 e. The van der Waals surface area contributed by atoms with Gasteiger partial charge >= 0.3 is 0 Å². The zero-order chi connectivity index (χ0) is 21.3. The first-order valence-corrected chi connectivity index (χ1v) is 12.2. The van der Waals surface area contributed by atoms with Gasteiger partial charge in [0.15, 0.2) is 0 Å². The summed E-state index contributed by atoms with van der Waals surface area (Å²) < 4.78 is 12.8. The van der Waals surface area contributed by atoms with E-state index in [1.54, 1.807) is 0 Å². The van der Waals surface area contributed by atoms with Crippen molar-refractivity contribution in [3.63, 3.8) is 0 Å². The molecule has 0 aliphatic carbocycles. The van der Waals surface area contributed by atoms with Crippen LogP contribution in [-0.4, -0.2) is 31.1 Å². The highest BCUT2D eigenvalue weighted by molar-refractivity contribution is 7.85. The Kier molecular flexibility index (Phi) is 9.22. The number of rotatable bonds is 6. The Hall–Kier alpha value is -1.81. The highest BCUT2D eigenvalue weighted by atomic mass is 32.2. The quantitative estimate of drug-likeness (QED) is 0.618. The van der Waals surface area contributed by atoms with E-state index in [9.17, 15) is 4.21 Å². The fraction of sp³-hybridized carbons (Fsp3) is 0.520. The number of nitrogens with one attached hydrogen (secondary N) is 1. The second-order valence-corrected chi connectivity index (χ2v) is 9.67. The number of nitrogens with zero attached hydrogens (tertiary/aromatic N) is 1. The predicted octanol–water partition coefficient (Wildman–Crippen LogP) is 6.12. The monoisotopic (exact) mass is 414 g/mol. The molecule has 29 heavy (non-hydrogen) atoms. The van der Waals surface area contributed by atoms with E-state index in [2.05, 4.69) is 56.4 Å². The smallest absolute Gasteiger partial charge is 0.0537 e. The van der Waals surface area contributed by atoms with E-state index in [1.165, 1.54) is 36.9 Å². The summed E-state index contributed by atoms with van der Waals surface area (Å²) in [6.45, 7) is 4.52. The third-order valence-corrected chi connectivity index (χ3v) is 7.80. The van der Waals surface area contributed by atoms with E-state index in [-0.39, 0.29) is 5.41 Å². The molecule has 0 spiro atoms. The van der Waals surface area contributed by atoms with E-state index in [0.29, 0.717) is 0 Å². The summed E-state index contributed by atoms with van der Waals surface area (Å²) in [5, 5.41) is 3.03. The van der Waals surface area contributed by atoms with Crippen molar-refractivity contribution in [3.8, 4) is 0 Å². The molecule has 0 saturated heterocycles. The molecule has 1 aliphatic heterocycles. The molecular formula is C25H38N2OS. The molecule has 1 N–H and O–H groups in total. The third kappa shape index (κ3) is 6.60. The zero-order valence-electron chi connectivity index (χ0n) is 18.8. The molecule has 1 heterocycles. The van der Waals surface area contributed by atoms with Gasteiger partial charge in [0.25, 0.3) is 0 Å². The Morgan fingerprint density at radius 3 is 2.38 bits per heavy atom. The van der Waals surface area contributed by atoms with Gasteiger partial charge in [-0.15, -0.1) is 0 Å². The van der Waals surface area contributed by atoms with Crippen LogP contribution in [0.2, 0.25) is 0 Å². The predicted molar refractivity (Wildman–Crippen MR) is 129 cm³/mol. The molecule has 1 aliphatic rings. The summed E-state index contributed by atoms with van der Waals surface area (Å²) >= 11 is 0. The van der Waals surface area contributed by atoms with Crippen molar-refractivity contribution in [1.29, 1.82) is 0 Å². The largest absolute Gasteiger partial charge is 0.388 e. The zero-order valence-corrected chi connectivity index (χ0v) is 19.6. The number of fused-ring (bicyclic) bond motifs is 1. The fourth-order valence-corrected chi connectivity index (χ4v) is 5.78. The van der Waals surface area contributed by atoms with Crippen LogP contribution in [0.4, 0.5) is 11.4 Å². The number of aryl methyl sites for hydroxylation is 1. The van der Waals surface area contributed by atoms with Crippen LogP contribution in [0, 0.1) is 5.41 Å². The number of hydrogen-bond acceptors (Lipinski definition) is 3. The van der Waals surface area contributed by atoms with Crippen LogP contribution in [-0.2, 0) is 17.2 Å². The first-order valence-electron chi connectivity index (χ1n) is 10.9. The lowest BCUT2D eigenvalue weighted by molar-refractivity contribution is 0.261. The highest BCUT2D eigenvalue weighted by Crippen LogP contribution is 2.40. The fourth-order valence-electron chi connectivity index (χ4n) is 3.90. The first-order chi connectivity index (χ1) is 13.9. The molecule has 0 aromatic heterocycles. The van der Waals surface area contributed by atoms with Crippen LogP contribution in [0.15, 0.2) is 53.4 Å². The van der Waals surface area contributed by atoms with Crippen LogP contribution >= 0.6 is 0 Å². The van der Waals surface area contributed by atoms with Gasteiger partial charge in [0, 0.05) is 43.2 Å². The van der Waals surface area contributed by atoms with Crippen molar-refractivity contribution in [2.45, 2.75) is 57.3 Å². The summed E-state index contributed by atoms with van der Waals surface area (Å²) in [6, 6.07) is 16.5. The maximum Gasteiger partial charge on any atom is 0.0537 e. The van der Waals surface area contributed by atoms with Gasteiger partial charge in [-0.3, -0.25) is 4.21 Å². The van der Waals surface area contributed by atoms with Crippen LogP contribution < -0.4 is 10.2 Å². The molecule has 4 heteroatoms. The van der Waals surface area contributed by atoms with Gasteiger partial charge in [-0.1, -0.05) is 44.9 Å². The van der Waals surface area contributed by atoms with Crippen molar-refractivity contribution in [2.75, 3.05) is 37.1 Å². The molecule has 2 atom stereocenters. The Morgan fingerprint density at radius 1 is 1.10 bits per heavy atom. The normalized spacial score (nSPS) is 20.7. The number of hydrogen-bond donors (Lipinski definition) is 1. The van der Waals surface area contributed by atoms with Gasteiger partial charge in [-0.05, 0) is 67.0 Å². The van der Waals surface area contributed by atoms with Crippen molar-refractivity contribution < 1.29 is 4.21 Å². The molecule has 0 bridgehead atoms. The van der Waals surface area contributed by atoms with Gasteiger partial charge < -0.3 is 10.2 Å². The minimum atomic E-state index is -0.845. The average molecular weight is 415 g/mol. The van der Waals surface area contributed by atoms with Gasteiger partial charge in [0.05, 0.1) is 10.8 Å². The Labute approximate surface area is 180 Å². The molecule has 160 valence electrons. The second kappa shape index (κ2) is 11.4. The highest BCUT2D eigenvalue weighted by Gasteiger charge is 2.33. The Bertz CT molecular complexity index is 776. The van der Waals surface area contributed by atoms with Crippen LogP contribution in [0.3, 0.4) is 0 Å². The molecule has 0 saturated carbocycles. The molecule has 0 fully saturated rings. The van der Waals surface area contributed by atoms with Crippen molar-refractivity contribution in [2.24, 2.45) is 5.41 Å². The maximum absolute atomic E-state index is 12.8. The van der Waals surface area contributed by atoms with Gasteiger partial charge in [-0.25, -0.2) is 0 Å². The molecule has 0 amide bonds. The number of unbranched alkanes of at least 4 members (excludes halogenated alkanes) is 1.